The van der Waals surface area contributed by atoms with Crippen molar-refractivity contribution >= 4 is 34.3 Å². The topological polar surface area (TPSA) is 58.2 Å². The number of anilines is 2. The maximum atomic E-state index is 12.1. The summed E-state index contributed by atoms with van der Waals surface area (Å²) in [6.07, 6.45) is 0. The first-order valence-electron chi connectivity index (χ1n) is 7.71. The summed E-state index contributed by atoms with van der Waals surface area (Å²) in [6, 6.07) is 25.5. The average molecular weight is 348 g/mol. The molecule has 0 aliphatic heterocycles. The van der Waals surface area contributed by atoms with Gasteiger partial charge >= 0.3 is 0 Å². The van der Waals surface area contributed by atoms with E-state index >= 15 is 0 Å². The van der Waals surface area contributed by atoms with Crippen molar-refractivity contribution in [1.29, 1.82) is 0 Å². The normalized spacial score (nSPS) is 10.1. The lowest BCUT2D eigenvalue weighted by atomic mass is 10.2. The molecule has 3 rings (SSSR count). The Kier molecular flexibility index (Phi) is 5.49. The zero-order valence-electron chi connectivity index (χ0n) is 13.3. The third kappa shape index (κ3) is 4.96. The van der Waals surface area contributed by atoms with Crippen molar-refractivity contribution in [3.8, 4) is 0 Å². The van der Waals surface area contributed by atoms with Gasteiger partial charge in [0, 0.05) is 21.8 Å². The van der Waals surface area contributed by atoms with Crippen LogP contribution in [0.3, 0.4) is 0 Å². The van der Waals surface area contributed by atoms with Crippen molar-refractivity contribution in [2.45, 2.75) is 4.90 Å². The molecule has 2 amide bonds. The van der Waals surface area contributed by atoms with Crippen molar-refractivity contribution < 1.29 is 9.59 Å². The Balaban J connectivity index is 1.57. The zero-order valence-corrected chi connectivity index (χ0v) is 14.1. The minimum atomic E-state index is -0.164. The molecule has 0 atom stereocenters. The molecular weight excluding hydrogens is 332 g/mol. The van der Waals surface area contributed by atoms with Crippen LogP contribution in [-0.2, 0) is 0 Å². The highest BCUT2D eigenvalue weighted by molar-refractivity contribution is 8.13. The third-order valence-corrected chi connectivity index (χ3v) is 4.17. The van der Waals surface area contributed by atoms with Gasteiger partial charge in [-0.05, 0) is 60.3 Å². The van der Waals surface area contributed by atoms with E-state index in [9.17, 15) is 9.59 Å². The summed E-state index contributed by atoms with van der Waals surface area (Å²) >= 11 is 1.10. The van der Waals surface area contributed by atoms with Crippen LogP contribution in [0.5, 0.6) is 0 Å². The average Bonchev–Trinajstić information content (AvgIpc) is 2.65. The Morgan fingerprint density at radius 2 is 1.20 bits per heavy atom. The number of benzene rings is 3. The van der Waals surface area contributed by atoms with Crippen molar-refractivity contribution in [3.05, 3.63) is 90.5 Å². The minimum Gasteiger partial charge on any atom is -0.322 e. The molecule has 25 heavy (non-hydrogen) atoms. The summed E-state index contributed by atoms with van der Waals surface area (Å²) < 4.78 is 0. The lowest BCUT2D eigenvalue weighted by molar-refractivity contribution is 0.102. The van der Waals surface area contributed by atoms with Crippen LogP contribution in [0.25, 0.3) is 0 Å². The fourth-order valence-electron chi connectivity index (χ4n) is 2.17. The number of hydrogen-bond donors (Lipinski definition) is 2. The van der Waals surface area contributed by atoms with Crippen LogP contribution >= 0.6 is 11.8 Å². The molecule has 2 N–H and O–H groups in total. The molecule has 0 aromatic heterocycles. The first-order chi connectivity index (χ1) is 12.2. The second kappa shape index (κ2) is 8.17. The molecule has 4 nitrogen and oxygen atoms in total. The molecule has 0 fully saturated rings. The number of para-hydroxylation sites is 1. The Labute approximate surface area is 150 Å². The van der Waals surface area contributed by atoms with Gasteiger partial charge in [-0.25, -0.2) is 0 Å². The highest BCUT2D eigenvalue weighted by atomic mass is 32.2. The van der Waals surface area contributed by atoms with Crippen LogP contribution in [0.2, 0.25) is 0 Å². The lowest BCUT2D eigenvalue weighted by Gasteiger charge is -2.07. The van der Waals surface area contributed by atoms with E-state index in [2.05, 4.69) is 10.6 Å². The highest BCUT2D eigenvalue weighted by Gasteiger charge is 2.07. The predicted octanol–water partition coefficient (Wildman–Crippen LogP) is 5.26. The number of carbonyl (C=O) groups excluding carboxylic acids is 2. The van der Waals surface area contributed by atoms with E-state index in [1.807, 2.05) is 48.5 Å². The summed E-state index contributed by atoms with van der Waals surface area (Å²) in [6.45, 7) is 0. The molecule has 0 saturated carbocycles. The van der Waals surface area contributed by atoms with Gasteiger partial charge in [0.05, 0.1) is 0 Å². The Morgan fingerprint density at radius 3 is 1.84 bits per heavy atom. The monoisotopic (exact) mass is 348 g/mol. The van der Waals surface area contributed by atoms with E-state index in [1.54, 1.807) is 36.4 Å². The van der Waals surface area contributed by atoms with Gasteiger partial charge in [0.15, 0.2) is 0 Å². The Hall–Kier alpha value is -3.05. The van der Waals surface area contributed by atoms with Crippen molar-refractivity contribution in [3.63, 3.8) is 0 Å². The van der Waals surface area contributed by atoms with E-state index in [0.717, 1.165) is 22.3 Å². The number of hydrogen-bond acceptors (Lipinski definition) is 3. The molecule has 0 aliphatic rings. The standard InChI is InChI=1S/C20H16N2O2S/c23-19(15-7-3-1-4-8-15)21-17-11-13-18(14-12-17)25-20(24)22-16-9-5-2-6-10-16/h1-14H,(H,21,23)(H,22,24). The maximum absolute atomic E-state index is 12.1. The zero-order chi connectivity index (χ0) is 17.5. The number of rotatable bonds is 4. The SMILES string of the molecule is O=C(Nc1ccccc1)Sc1ccc(NC(=O)c2ccccc2)cc1. The van der Waals surface area contributed by atoms with Gasteiger partial charge in [0.25, 0.3) is 11.1 Å². The molecular formula is C20H16N2O2S. The van der Waals surface area contributed by atoms with Gasteiger partial charge in [-0.1, -0.05) is 36.4 Å². The molecule has 3 aromatic rings. The van der Waals surface area contributed by atoms with Crippen molar-refractivity contribution in [2.75, 3.05) is 10.6 Å². The second-order valence-electron chi connectivity index (χ2n) is 5.23. The van der Waals surface area contributed by atoms with Gasteiger partial charge in [-0.15, -0.1) is 0 Å². The maximum Gasteiger partial charge on any atom is 0.288 e. The van der Waals surface area contributed by atoms with E-state index in [1.165, 1.54) is 0 Å². The van der Waals surface area contributed by atoms with E-state index in [0.29, 0.717) is 11.3 Å². The van der Waals surface area contributed by atoms with Crippen molar-refractivity contribution in [1.82, 2.24) is 0 Å². The molecule has 0 heterocycles. The number of carbonyl (C=O) groups is 2. The predicted molar refractivity (Wildman–Crippen MR) is 102 cm³/mol. The smallest absolute Gasteiger partial charge is 0.288 e. The lowest BCUT2D eigenvalue weighted by Crippen LogP contribution is -2.11. The number of thioether (sulfide) groups is 1. The highest BCUT2D eigenvalue weighted by Crippen LogP contribution is 2.23. The quantitative estimate of drug-likeness (QED) is 0.632. The molecule has 124 valence electrons. The summed E-state index contributed by atoms with van der Waals surface area (Å²) in [5, 5.41) is 5.48. The molecule has 0 aliphatic carbocycles. The van der Waals surface area contributed by atoms with Crippen LogP contribution in [0, 0.1) is 0 Å². The molecule has 5 heteroatoms. The number of amides is 2. The van der Waals surface area contributed by atoms with Crippen LogP contribution < -0.4 is 10.6 Å². The van der Waals surface area contributed by atoms with Crippen LogP contribution in [-0.4, -0.2) is 11.1 Å². The summed E-state index contributed by atoms with van der Waals surface area (Å²) in [4.78, 5) is 24.9. The Morgan fingerprint density at radius 1 is 0.640 bits per heavy atom. The van der Waals surface area contributed by atoms with Gasteiger partial charge in [0.1, 0.15) is 0 Å². The third-order valence-electron chi connectivity index (χ3n) is 3.38. The largest absolute Gasteiger partial charge is 0.322 e. The summed E-state index contributed by atoms with van der Waals surface area (Å²) in [7, 11) is 0. The Bertz CT molecular complexity index is 850. The van der Waals surface area contributed by atoms with Crippen LogP contribution in [0.15, 0.2) is 89.8 Å². The molecule has 0 saturated heterocycles. The molecule has 0 spiro atoms. The summed E-state index contributed by atoms with van der Waals surface area (Å²) in [5.41, 5.74) is 2.04. The van der Waals surface area contributed by atoms with E-state index in [4.69, 9.17) is 0 Å². The van der Waals surface area contributed by atoms with Crippen molar-refractivity contribution in [2.24, 2.45) is 0 Å². The minimum absolute atomic E-state index is 0.160. The van der Waals surface area contributed by atoms with Gasteiger partial charge < -0.3 is 10.6 Å². The van der Waals surface area contributed by atoms with Gasteiger partial charge in [-0.2, -0.15) is 0 Å². The van der Waals surface area contributed by atoms with Crippen LogP contribution in [0.1, 0.15) is 10.4 Å². The molecule has 0 unspecified atom stereocenters. The molecule has 3 aromatic carbocycles. The fraction of sp³-hybridized carbons (Fsp3) is 0. The molecule has 0 bridgehead atoms. The van der Waals surface area contributed by atoms with Gasteiger partial charge in [0.2, 0.25) is 0 Å². The second-order valence-corrected chi connectivity index (χ2v) is 6.27. The number of nitrogens with one attached hydrogen (secondary N) is 2. The van der Waals surface area contributed by atoms with E-state index < -0.39 is 0 Å². The van der Waals surface area contributed by atoms with Gasteiger partial charge in [-0.3, -0.25) is 9.59 Å². The molecule has 0 radical (unpaired) electrons. The van der Waals surface area contributed by atoms with Crippen LogP contribution in [0.4, 0.5) is 16.2 Å². The fourth-order valence-corrected chi connectivity index (χ4v) is 2.83. The van der Waals surface area contributed by atoms with E-state index in [-0.39, 0.29) is 11.1 Å². The summed E-state index contributed by atoms with van der Waals surface area (Å²) in [5.74, 6) is -0.164. The first-order valence-corrected chi connectivity index (χ1v) is 8.53. The first kappa shape index (κ1) is 16.8.